The van der Waals surface area contributed by atoms with E-state index in [9.17, 15) is 12.8 Å². The summed E-state index contributed by atoms with van der Waals surface area (Å²) in [5.41, 5.74) is 4.18. The number of nitrogens with one attached hydrogen (secondary N) is 1. The number of rotatable bonds is 5. The highest BCUT2D eigenvalue weighted by Gasteiger charge is 2.18. The van der Waals surface area contributed by atoms with Gasteiger partial charge in [0.2, 0.25) is 0 Å². The molecule has 0 fully saturated rings. The van der Waals surface area contributed by atoms with Crippen molar-refractivity contribution in [3.05, 3.63) is 101 Å². The molecule has 0 heterocycles. The van der Waals surface area contributed by atoms with Crippen LogP contribution in [0.4, 0.5) is 10.1 Å². The molecule has 0 spiro atoms. The molecule has 0 aliphatic rings. The maximum Gasteiger partial charge on any atom is 0.261 e. The number of hydrogen-bond acceptors (Lipinski definition) is 2. The van der Waals surface area contributed by atoms with Crippen molar-refractivity contribution in [2.45, 2.75) is 18.7 Å². The van der Waals surface area contributed by atoms with Crippen LogP contribution < -0.4 is 4.72 Å². The third-order valence-electron chi connectivity index (χ3n) is 4.28. The zero-order valence-corrected chi connectivity index (χ0v) is 16.0. The summed E-state index contributed by atoms with van der Waals surface area (Å²) in [4.78, 5) is 0.115. The Bertz CT molecular complexity index is 1090. The fourth-order valence-corrected chi connectivity index (χ4v) is 3.77. The maximum atomic E-state index is 13.8. The van der Waals surface area contributed by atoms with Crippen LogP contribution in [0.5, 0.6) is 0 Å². The van der Waals surface area contributed by atoms with Crippen molar-refractivity contribution in [2.75, 3.05) is 4.72 Å². The molecule has 0 aliphatic heterocycles. The standard InChI is InChI=1S/C22H20FNO2S/c1-15-4-8-18(9-5-15)17(3)21-13-10-19(23)14-22(21)24-27(25,26)20-11-6-16(2)7-12-20/h4-14,24H,3H2,1-2H3. The van der Waals surface area contributed by atoms with Gasteiger partial charge < -0.3 is 0 Å². The minimum atomic E-state index is -3.85. The van der Waals surface area contributed by atoms with Crippen molar-refractivity contribution in [1.82, 2.24) is 0 Å². The average Bonchev–Trinajstić information content (AvgIpc) is 2.62. The lowest BCUT2D eigenvalue weighted by molar-refractivity contribution is 0.601. The maximum absolute atomic E-state index is 13.8. The lowest BCUT2D eigenvalue weighted by Gasteiger charge is -2.15. The summed E-state index contributed by atoms with van der Waals surface area (Å²) < 4.78 is 41.8. The van der Waals surface area contributed by atoms with Gasteiger partial charge in [-0.15, -0.1) is 0 Å². The molecule has 0 radical (unpaired) electrons. The number of sulfonamides is 1. The Kier molecular flexibility index (Phi) is 5.15. The monoisotopic (exact) mass is 381 g/mol. The third-order valence-corrected chi connectivity index (χ3v) is 5.66. The second-order valence-electron chi connectivity index (χ2n) is 6.45. The van der Waals surface area contributed by atoms with E-state index in [1.54, 1.807) is 12.1 Å². The fraction of sp³-hybridized carbons (Fsp3) is 0.0909. The van der Waals surface area contributed by atoms with Crippen molar-refractivity contribution in [3.63, 3.8) is 0 Å². The van der Waals surface area contributed by atoms with E-state index in [0.29, 0.717) is 11.1 Å². The minimum absolute atomic E-state index is 0.115. The Balaban J connectivity index is 2.00. The first kappa shape index (κ1) is 18.9. The summed E-state index contributed by atoms with van der Waals surface area (Å²) in [5.74, 6) is -0.530. The number of anilines is 1. The Morgan fingerprint density at radius 3 is 2.04 bits per heavy atom. The lowest BCUT2D eigenvalue weighted by Crippen LogP contribution is -2.14. The Hall–Kier alpha value is -2.92. The summed E-state index contributed by atoms with van der Waals surface area (Å²) in [6.07, 6.45) is 0. The molecule has 0 atom stereocenters. The molecule has 5 heteroatoms. The summed E-state index contributed by atoms with van der Waals surface area (Å²) >= 11 is 0. The summed E-state index contributed by atoms with van der Waals surface area (Å²) in [6.45, 7) is 7.93. The molecule has 0 amide bonds. The lowest BCUT2D eigenvalue weighted by atomic mass is 9.97. The number of halogens is 1. The van der Waals surface area contributed by atoms with E-state index >= 15 is 0 Å². The predicted molar refractivity (Wildman–Crippen MR) is 108 cm³/mol. The van der Waals surface area contributed by atoms with E-state index in [-0.39, 0.29) is 10.6 Å². The van der Waals surface area contributed by atoms with Gasteiger partial charge in [-0.1, -0.05) is 54.1 Å². The molecule has 3 nitrogen and oxygen atoms in total. The highest BCUT2D eigenvalue weighted by molar-refractivity contribution is 7.92. The Morgan fingerprint density at radius 1 is 0.889 bits per heavy atom. The van der Waals surface area contributed by atoms with Crippen LogP contribution in [0.15, 0.2) is 78.2 Å². The van der Waals surface area contributed by atoms with Crippen molar-refractivity contribution >= 4 is 21.3 Å². The van der Waals surface area contributed by atoms with E-state index < -0.39 is 15.8 Å². The molecule has 0 saturated heterocycles. The molecule has 27 heavy (non-hydrogen) atoms. The topological polar surface area (TPSA) is 46.2 Å². The van der Waals surface area contributed by atoms with Crippen molar-refractivity contribution in [3.8, 4) is 0 Å². The van der Waals surface area contributed by atoms with Gasteiger partial charge in [-0.05, 0) is 55.3 Å². The first-order chi connectivity index (χ1) is 12.8. The minimum Gasteiger partial charge on any atom is -0.279 e. The van der Waals surface area contributed by atoms with Gasteiger partial charge in [-0.25, -0.2) is 12.8 Å². The van der Waals surface area contributed by atoms with Gasteiger partial charge in [0.25, 0.3) is 10.0 Å². The second-order valence-corrected chi connectivity index (χ2v) is 8.14. The molecule has 3 aromatic carbocycles. The Labute approximate surface area is 159 Å². The van der Waals surface area contributed by atoms with Gasteiger partial charge in [0.1, 0.15) is 5.82 Å². The fourth-order valence-electron chi connectivity index (χ4n) is 2.70. The van der Waals surface area contributed by atoms with E-state index in [0.717, 1.165) is 16.7 Å². The number of hydrogen-bond donors (Lipinski definition) is 1. The highest BCUT2D eigenvalue weighted by atomic mass is 32.2. The largest absolute Gasteiger partial charge is 0.279 e. The highest BCUT2D eigenvalue weighted by Crippen LogP contribution is 2.30. The first-order valence-corrected chi connectivity index (χ1v) is 9.90. The van der Waals surface area contributed by atoms with Gasteiger partial charge in [0.15, 0.2) is 0 Å². The molecule has 0 aromatic heterocycles. The molecule has 0 saturated carbocycles. The second kappa shape index (κ2) is 7.37. The van der Waals surface area contributed by atoms with Crippen molar-refractivity contribution in [2.24, 2.45) is 0 Å². The van der Waals surface area contributed by atoms with Crippen LogP contribution in [-0.2, 0) is 10.0 Å². The normalized spacial score (nSPS) is 11.2. The quantitative estimate of drug-likeness (QED) is 0.651. The molecule has 0 aliphatic carbocycles. The van der Waals surface area contributed by atoms with E-state index in [4.69, 9.17) is 0 Å². The van der Waals surface area contributed by atoms with Crippen LogP contribution in [0, 0.1) is 19.7 Å². The van der Waals surface area contributed by atoms with Crippen LogP contribution in [0.2, 0.25) is 0 Å². The predicted octanol–water partition coefficient (Wildman–Crippen LogP) is 5.30. The van der Waals surface area contributed by atoms with Gasteiger partial charge in [0.05, 0.1) is 10.6 Å². The molecule has 138 valence electrons. The summed E-state index contributed by atoms with van der Waals surface area (Å²) in [6, 6.07) is 18.2. The SMILES string of the molecule is C=C(c1ccc(C)cc1)c1ccc(F)cc1NS(=O)(=O)c1ccc(C)cc1. The van der Waals surface area contributed by atoms with Crippen LogP contribution in [-0.4, -0.2) is 8.42 Å². The molecule has 3 rings (SSSR count). The molecule has 0 bridgehead atoms. The summed E-state index contributed by atoms with van der Waals surface area (Å²) in [7, 11) is -3.85. The molecule has 3 aromatic rings. The zero-order chi connectivity index (χ0) is 19.6. The smallest absolute Gasteiger partial charge is 0.261 e. The van der Waals surface area contributed by atoms with E-state index in [2.05, 4.69) is 11.3 Å². The van der Waals surface area contributed by atoms with Gasteiger partial charge in [-0.2, -0.15) is 0 Å². The molecular formula is C22H20FNO2S. The van der Waals surface area contributed by atoms with E-state index in [1.165, 1.54) is 30.3 Å². The number of aryl methyl sites for hydroxylation is 2. The van der Waals surface area contributed by atoms with Crippen LogP contribution >= 0.6 is 0 Å². The summed E-state index contributed by atoms with van der Waals surface area (Å²) in [5, 5.41) is 0. The first-order valence-electron chi connectivity index (χ1n) is 8.41. The van der Waals surface area contributed by atoms with Crippen LogP contribution in [0.25, 0.3) is 5.57 Å². The van der Waals surface area contributed by atoms with Gasteiger partial charge >= 0.3 is 0 Å². The Morgan fingerprint density at radius 2 is 1.44 bits per heavy atom. The zero-order valence-electron chi connectivity index (χ0n) is 15.2. The van der Waals surface area contributed by atoms with Crippen LogP contribution in [0.3, 0.4) is 0 Å². The molecule has 1 N–H and O–H groups in total. The molecular weight excluding hydrogens is 361 g/mol. The average molecular weight is 381 g/mol. The van der Waals surface area contributed by atoms with Crippen LogP contribution in [0.1, 0.15) is 22.3 Å². The van der Waals surface area contributed by atoms with Crippen molar-refractivity contribution < 1.29 is 12.8 Å². The number of benzene rings is 3. The third kappa shape index (κ3) is 4.26. The van der Waals surface area contributed by atoms with E-state index in [1.807, 2.05) is 38.1 Å². The van der Waals surface area contributed by atoms with Gasteiger partial charge in [-0.3, -0.25) is 4.72 Å². The van der Waals surface area contributed by atoms with Crippen molar-refractivity contribution in [1.29, 1.82) is 0 Å². The van der Waals surface area contributed by atoms with Gasteiger partial charge in [0, 0.05) is 5.56 Å². The molecule has 0 unspecified atom stereocenters.